The largest absolute Gasteiger partial charge is 0.493 e. The Hall–Kier alpha value is -3.45. The van der Waals surface area contributed by atoms with Crippen molar-refractivity contribution in [3.8, 4) is 16.9 Å². The fourth-order valence-electron chi connectivity index (χ4n) is 5.66. The molecule has 206 valence electrons. The number of halogens is 1. The summed E-state index contributed by atoms with van der Waals surface area (Å²) in [6.07, 6.45) is 0.797. The highest BCUT2D eigenvalue weighted by atomic mass is 19.1. The summed E-state index contributed by atoms with van der Waals surface area (Å²) in [5.74, 6) is 0.818. The lowest BCUT2D eigenvalue weighted by Gasteiger charge is -2.33. The van der Waals surface area contributed by atoms with E-state index in [9.17, 15) is 14.3 Å². The molecule has 2 aromatic carbocycles. The Morgan fingerprint density at radius 2 is 1.69 bits per heavy atom. The first-order valence-electron chi connectivity index (χ1n) is 13.6. The maximum absolute atomic E-state index is 13.2. The standard InChI is InChI=1S/C32H37FN2O4/c1-19-27(22-8-12-26(13-9-22)38-15-14-21-6-10-25(33)11-7-21)29(35-17-23-16-24(23)18-35)28(20(2)34-19)30(31(36)37)39-32(3,4)5/h6-13,23-24,30H,14-18H2,1-5H3,(H,36,37). The van der Waals surface area contributed by atoms with E-state index >= 15 is 0 Å². The molecule has 3 unspecified atom stereocenters. The van der Waals surface area contributed by atoms with Gasteiger partial charge in [0, 0.05) is 42.0 Å². The van der Waals surface area contributed by atoms with Gasteiger partial charge >= 0.3 is 5.97 Å². The summed E-state index contributed by atoms with van der Waals surface area (Å²) in [5.41, 5.74) is 5.38. The van der Waals surface area contributed by atoms with E-state index in [2.05, 4.69) is 4.90 Å². The van der Waals surface area contributed by atoms with Gasteiger partial charge in [0.1, 0.15) is 11.6 Å². The van der Waals surface area contributed by atoms with Crippen molar-refractivity contribution in [3.05, 3.63) is 76.9 Å². The van der Waals surface area contributed by atoms with Crippen LogP contribution in [-0.4, -0.2) is 41.4 Å². The minimum absolute atomic E-state index is 0.246. The van der Waals surface area contributed by atoms with E-state index in [1.165, 1.54) is 18.6 Å². The molecule has 1 aromatic heterocycles. The number of hydrogen-bond donors (Lipinski definition) is 1. The molecule has 3 aromatic rings. The lowest BCUT2D eigenvalue weighted by molar-refractivity contribution is -0.160. The fourth-order valence-corrected chi connectivity index (χ4v) is 5.66. The molecule has 7 heteroatoms. The average molecular weight is 533 g/mol. The number of hydrogen-bond acceptors (Lipinski definition) is 5. The number of carboxylic acids is 1. The van der Waals surface area contributed by atoms with Gasteiger partial charge in [-0.2, -0.15) is 0 Å². The van der Waals surface area contributed by atoms with Gasteiger partial charge in [-0.15, -0.1) is 0 Å². The molecular formula is C32H37FN2O4. The molecule has 1 saturated carbocycles. The third-order valence-corrected chi connectivity index (χ3v) is 7.55. The van der Waals surface area contributed by atoms with Gasteiger partial charge in [0.15, 0.2) is 6.10 Å². The molecule has 1 N–H and O–H groups in total. The van der Waals surface area contributed by atoms with Crippen molar-refractivity contribution in [2.24, 2.45) is 11.8 Å². The van der Waals surface area contributed by atoms with Crippen LogP contribution in [0.5, 0.6) is 5.75 Å². The number of carboxylic acid groups (broad SMARTS) is 1. The number of piperidine rings is 1. The van der Waals surface area contributed by atoms with E-state index in [0.29, 0.717) is 36.1 Å². The fraction of sp³-hybridized carbons (Fsp3) is 0.438. The van der Waals surface area contributed by atoms with Gasteiger partial charge in [0.25, 0.3) is 0 Å². The molecule has 1 aliphatic heterocycles. The molecule has 5 rings (SSSR count). The quantitative estimate of drug-likeness (QED) is 0.338. The van der Waals surface area contributed by atoms with Crippen LogP contribution in [0.2, 0.25) is 0 Å². The average Bonchev–Trinajstić information content (AvgIpc) is 3.48. The molecule has 3 atom stereocenters. The number of nitrogens with zero attached hydrogens (tertiary/aromatic N) is 2. The molecule has 39 heavy (non-hydrogen) atoms. The monoisotopic (exact) mass is 532 g/mol. The Bertz CT molecular complexity index is 1340. The second-order valence-corrected chi connectivity index (χ2v) is 11.8. The maximum atomic E-state index is 13.2. The number of rotatable bonds is 9. The van der Waals surface area contributed by atoms with Crippen LogP contribution in [0.3, 0.4) is 0 Å². The zero-order chi connectivity index (χ0) is 27.9. The number of benzene rings is 2. The third-order valence-electron chi connectivity index (χ3n) is 7.55. The normalized spacial score (nSPS) is 19.1. The molecule has 6 nitrogen and oxygen atoms in total. The number of aliphatic carboxylic acids is 1. The van der Waals surface area contributed by atoms with Crippen LogP contribution in [0.4, 0.5) is 10.1 Å². The molecule has 2 fully saturated rings. The maximum Gasteiger partial charge on any atom is 0.337 e. The van der Waals surface area contributed by atoms with Crippen molar-refractivity contribution in [2.45, 2.75) is 59.2 Å². The third kappa shape index (κ3) is 6.09. The number of aryl methyl sites for hydroxylation is 2. The lowest BCUT2D eigenvalue weighted by Crippen LogP contribution is -2.31. The first kappa shape index (κ1) is 27.1. The van der Waals surface area contributed by atoms with Crippen molar-refractivity contribution in [2.75, 3.05) is 24.6 Å². The van der Waals surface area contributed by atoms with E-state index in [4.69, 9.17) is 14.5 Å². The molecule has 0 bridgehead atoms. The zero-order valence-corrected chi connectivity index (χ0v) is 23.3. The summed E-state index contributed by atoms with van der Waals surface area (Å²) >= 11 is 0. The molecule has 2 heterocycles. The Labute approximate surface area is 229 Å². The van der Waals surface area contributed by atoms with Crippen LogP contribution in [0.15, 0.2) is 48.5 Å². The van der Waals surface area contributed by atoms with Crippen LogP contribution >= 0.6 is 0 Å². The predicted molar refractivity (Wildman–Crippen MR) is 150 cm³/mol. The lowest BCUT2D eigenvalue weighted by atomic mass is 9.93. The minimum Gasteiger partial charge on any atom is -0.493 e. The van der Waals surface area contributed by atoms with E-state index in [0.717, 1.165) is 46.9 Å². The highest BCUT2D eigenvalue weighted by Crippen LogP contribution is 2.51. The highest BCUT2D eigenvalue weighted by molar-refractivity contribution is 5.88. The Morgan fingerprint density at radius 1 is 1.05 bits per heavy atom. The van der Waals surface area contributed by atoms with Crippen molar-refractivity contribution < 1.29 is 23.8 Å². The molecule has 0 amide bonds. The smallest absolute Gasteiger partial charge is 0.337 e. The van der Waals surface area contributed by atoms with Crippen molar-refractivity contribution in [1.82, 2.24) is 4.98 Å². The molecule has 1 aliphatic carbocycles. The second-order valence-electron chi connectivity index (χ2n) is 11.8. The number of ether oxygens (including phenoxy) is 2. The Balaban J connectivity index is 1.48. The number of aromatic nitrogens is 1. The van der Waals surface area contributed by atoms with Gasteiger partial charge in [-0.3, -0.25) is 4.98 Å². The van der Waals surface area contributed by atoms with Crippen LogP contribution in [-0.2, 0) is 16.0 Å². The number of carbonyl (C=O) groups is 1. The molecule has 2 aliphatic rings. The molecule has 0 radical (unpaired) electrons. The van der Waals surface area contributed by atoms with Gasteiger partial charge in [-0.1, -0.05) is 24.3 Å². The summed E-state index contributed by atoms with van der Waals surface area (Å²) in [7, 11) is 0. The minimum atomic E-state index is -1.13. The second kappa shape index (κ2) is 10.6. The number of anilines is 1. The van der Waals surface area contributed by atoms with E-state index in [1.54, 1.807) is 12.1 Å². The summed E-state index contributed by atoms with van der Waals surface area (Å²) < 4.78 is 25.3. The van der Waals surface area contributed by atoms with Crippen molar-refractivity contribution in [3.63, 3.8) is 0 Å². The predicted octanol–water partition coefficient (Wildman–Crippen LogP) is 6.52. The van der Waals surface area contributed by atoms with Crippen molar-refractivity contribution >= 4 is 11.7 Å². The van der Waals surface area contributed by atoms with Crippen LogP contribution < -0.4 is 9.64 Å². The van der Waals surface area contributed by atoms with E-state index in [-0.39, 0.29) is 5.82 Å². The van der Waals surface area contributed by atoms with Crippen molar-refractivity contribution in [1.29, 1.82) is 0 Å². The summed E-state index contributed by atoms with van der Waals surface area (Å²) in [6, 6.07) is 14.3. The van der Waals surface area contributed by atoms with Crippen LogP contribution in [0, 0.1) is 31.5 Å². The SMILES string of the molecule is Cc1nc(C)c(C(OC(C)(C)C)C(=O)O)c(N2CC3CC3C2)c1-c1ccc(OCCc2ccc(F)cc2)cc1. The topological polar surface area (TPSA) is 71.9 Å². The molecule has 0 spiro atoms. The van der Waals surface area contributed by atoms with Crippen LogP contribution in [0.25, 0.3) is 11.1 Å². The summed E-state index contributed by atoms with van der Waals surface area (Å²) in [4.78, 5) is 19.7. The highest BCUT2D eigenvalue weighted by Gasteiger charge is 2.47. The van der Waals surface area contributed by atoms with Gasteiger partial charge in [-0.05, 0) is 88.3 Å². The summed E-state index contributed by atoms with van der Waals surface area (Å²) in [5, 5.41) is 10.3. The Kier molecular flexibility index (Phi) is 7.38. The van der Waals surface area contributed by atoms with Gasteiger partial charge in [-0.25, -0.2) is 9.18 Å². The van der Waals surface area contributed by atoms with Gasteiger partial charge < -0.3 is 19.5 Å². The van der Waals surface area contributed by atoms with Crippen LogP contribution in [0.1, 0.15) is 55.8 Å². The van der Waals surface area contributed by atoms with E-state index in [1.807, 2.05) is 58.9 Å². The first-order chi connectivity index (χ1) is 18.5. The van der Waals surface area contributed by atoms with Gasteiger partial charge in [0.05, 0.1) is 17.9 Å². The Morgan fingerprint density at radius 3 is 2.28 bits per heavy atom. The molecular weight excluding hydrogens is 495 g/mol. The summed E-state index contributed by atoms with van der Waals surface area (Å²) in [6.45, 7) is 11.8. The first-order valence-corrected chi connectivity index (χ1v) is 13.6. The number of pyridine rings is 1. The number of fused-ring (bicyclic) bond motifs is 1. The molecule has 1 saturated heterocycles. The zero-order valence-electron chi connectivity index (χ0n) is 23.3. The van der Waals surface area contributed by atoms with Gasteiger partial charge in [0.2, 0.25) is 0 Å². The van der Waals surface area contributed by atoms with E-state index < -0.39 is 17.7 Å².